The average molecular weight is 290 g/mol. The number of hydrogen-bond donors (Lipinski definition) is 1. The minimum absolute atomic E-state index is 0.135. The van der Waals surface area contributed by atoms with Gasteiger partial charge in [-0.2, -0.15) is 5.10 Å². The monoisotopic (exact) mass is 290 g/mol. The van der Waals surface area contributed by atoms with Crippen molar-refractivity contribution in [3.8, 4) is 0 Å². The molecule has 1 aliphatic rings. The molecule has 2 rings (SSSR count). The molecule has 114 valence electrons. The Labute approximate surface area is 125 Å². The molecule has 0 aromatic heterocycles. The smallest absolute Gasteiger partial charge is 0.245 e. The number of carbonyl (C=O) groups excluding carboxylic acids is 1. The molecule has 0 atom stereocenters. The SMILES string of the molecule is Cc1ccc(/C=N/NC(=O)CC2(C)OCCO2)c(C)c1C. The maximum absolute atomic E-state index is 11.8. The lowest BCUT2D eigenvalue weighted by Crippen LogP contribution is -2.33. The van der Waals surface area contributed by atoms with E-state index in [4.69, 9.17) is 9.47 Å². The molecule has 5 nitrogen and oxygen atoms in total. The lowest BCUT2D eigenvalue weighted by molar-refractivity contribution is -0.159. The molecule has 21 heavy (non-hydrogen) atoms. The standard InChI is InChI=1S/C16H22N2O3/c1-11-5-6-14(13(3)12(11)2)10-17-18-15(19)9-16(4)20-7-8-21-16/h5-6,10H,7-9H2,1-4H3,(H,18,19)/b17-10+. The molecule has 1 amide bonds. The fourth-order valence-electron chi connectivity index (χ4n) is 2.28. The summed E-state index contributed by atoms with van der Waals surface area (Å²) in [5.74, 6) is -1.05. The number of nitrogens with zero attached hydrogens (tertiary/aromatic N) is 1. The lowest BCUT2D eigenvalue weighted by atomic mass is 10.00. The molecule has 5 heteroatoms. The maximum Gasteiger partial charge on any atom is 0.245 e. The van der Waals surface area contributed by atoms with Gasteiger partial charge < -0.3 is 9.47 Å². The third-order valence-electron chi connectivity index (χ3n) is 3.87. The van der Waals surface area contributed by atoms with E-state index in [0.717, 1.165) is 5.56 Å². The van der Waals surface area contributed by atoms with Gasteiger partial charge in [-0.1, -0.05) is 12.1 Å². The highest BCUT2D eigenvalue weighted by Gasteiger charge is 2.33. The minimum Gasteiger partial charge on any atom is -0.347 e. The second-order valence-electron chi connectivity index (χ2n) is 5.52. The first-order chi connectivity index (χ1) is 9.91. The van der Waals surface area contributed by atoms with Crippen molar-refractivity contribution < 1.29 is 14.3 Å². The van der Waals surface area contributed by atoms with Crippen molar-refractivity contribution in [2.45, 2.75) is 39.9 Å². The van der Waals surface area contributed by atoms with Crippen LogP contribution in [0.3, 0.4) is 0 Å². The maximum atomic E-state index is 11.8. The highest BCUT2D eigenvalue weighted by molar-refractivity contribution is 5.84. The van der Waals surface area contributed by atoms with Crippen LogP contribution in [0.1, 0.15) is 35.6 Å². The number of rotatable bonds is 4. The Hall–Kier alpha value is -1.72. The zero-order valence-electron chi connectivity index (χ0n) is 13.0. The molecule has 0 spiro atoms. The first-order valence-electron chi connectivity index (χ1n) is 7.08. The third-order valence-corrected chi connectivity index (χ3v) is 3.87. The zero-order valence-corrected chi connectivity index (χ0v) is 13.0. The van der Waals surface area contributed by atoms with Gasteiger partial charge in [-0.3, -0.25) is 4.79 Å². The normalized spacial score (nSPS) is 17.3. The van der Waals surface area contributed by atoms with Gasteiger partial charge in [0.2, 0.25) is 5.91 Å². The fourth-order valence-corrected chi connectivity index (χ4v) is 2.28. The van der Waals surface area contributed by atoms with E-state index in [-0.39, 0.29) is 12.3 Å². The molecule has 1 fully saturated rings. The third kappa shape index (κ3) is 3.89. The first-order valence-corrected chi connectivity index (χ1v) is 7.08. The van der Waals surface area contributed by atoms with Crippen LogP contribution in [-0.4, -0.2) is 31.1 Å². The van der Waals surface area contributed by atoms with Crippen LogP contribution in [0, 0.1) is 20.8 Å². The van der Waals surface area contributed by atoms with Gasteiger partial charge >= 0.3 is 0 Å². The Morgan fingerprint density at radius 2 is 1.95 bits per heavy atom. The summed E-state index contributed by atoms with van der Waals surface area (Å²) in [6.45, 7) is 9.01. The van der Waals surface area contributed by atoms with Gasteiger partial charge in [-0.05, 0) is 49.9 Å². The molecule has 1 saturated heterocycles. The number of aryl methyl sites for hydroxylation is 1. The van der Waals surface area contributed by atoms with Crippen molar-refractivity contribution >= 4 is 12.1 Å². The Balaban J connectivity index is 1.93. The van der Waals surface area contributed by atoms with E-state index in [1.54, 1.807) is 13.1 Å². The van der Waals surface area contributed by atoms with Crippen molar-refractivity contribution in [2.24, 2.45) is 5.10 Å². The predicted octanol–water partition coefficient (Wildman–Crippen LogP) is 2.22. The molecule has 1 aromatic carbocycles. The molecular formula is C16H22N2O3. The van der Waals surface area contributed by atoms with Crippen molar-refractivity contribution in [3.63, 3.8) is 0 Å². The van der Waals surface area contributed by atoms with Crippen LogP contribution in [0.15, 0.2) is 17.2 Å². The summed E-state index contributed by atoms with van der Waals surface area (Å²) < 4.78 is 10.8. The Morgan fingerprint density at radius 3 is 2.62 bits per heavy atom. The lowest BCUT2D eigenvalue weighted by Gasteiger charge is -2.20. The Kier molecular flexibility index (Phi) is 4.75. The van der Waals surface area contributed by atoms with E-state index < -0.39 is 5.79 Å². The summed E-state index contributed by atoms with van der Waals surface area (Å²) in [4.78, 5) is 11.8. The van der Waals surface area contributed by atoms with E-state index in [2.05, 4.69) is 24.4 Å². The largest absolute Gasteiger partial charge is 0.347 e. The summed E-state index contributed by atoms with van der Waals surface area (Å²) in [6.07, 6.45) is 1.80. The number of nitrogens with one attached hydrogen (secondary N) is 1. The van der Waals surface area contributed by atoms with Crippen LogP contribution in [0.4, 0.5) is 0 Å². The summed E-state index contributed by atoms with van der Waals surface area (Å²) in [7, 11) is 0. The number of hydrazone groups is 1. The number of carbonyl (C=O) groups is 1. The molecule has 0 unspecified atom stereocenters. The van der Waals surface area contributed by atoms with Crippen LogP contribution in [0.2, 0.25) is 0 Å². The molecule has 1 aromatic rings. The number of benzene rings is 1. The number of ether oxygens (including phenoxy) is 2. The molecule has 0 radical (unpaired) electrons. The molecule has 1 N–H and O–H groups in total. The van der Waals surface area contributed by atoms with Crippen molar-refractivity contribution in [2.75, 3.05) is 13.2 Å². The van der Waals surface area contributed by atoms with Crippen LogP contribution in [0.25, 0.3) is 0 Å². The molecule has 0 aliphatic carbocycles. The summed E-state index contributed by atoms with van der Waals surface area (Å²) in [6, 6.07) is 4.05. The van der Waals surface area contributed by atoms with Gasteiger partial charge in [0, 0.05) is 0 Å². The van der Waals surface area contributed by atoms with Crippen molar-refractivity contribution in [1.82, 2.24) is 5.43 Å². The van der Waals surface area contributed by atoms with Crippen molar-refractivity contribution in [3.05, 3.63) is 34.4 Å². The van der Waals surface area contributed by atoms with E-state index >= 15 is 0 Å². The predicted molar refractivity (Wildman–Crippen MR) is 81.3 cm³/mol. The second kappa shape index (κ2) is 6.37. The van der Waals surface area contributed by atoms with Gasteiger partial charge in [0.15, 0.2) is 5.79 Å². The van der Waals surface area contributed by atoms with Crippen LogP contribution < -0.4 is 5.43 Å². The average Bonchev–Trinajstić information content (AvgIpc) is 2.85. The first kappa shape index (κ1) is 15.7. The van der Waals surface area contributed by atoms with Crippen LogP contribution in [0.5, 0.6) is 0 Å². The van der Waals surface area contributed by atoms with Gasteiger partial charge in [0.1, 0.15) is 0 Å². The van der Waals surface area contributed by atoms with Crippen molar-refractivity contribution in [1.29, 1.82) is 0 Å². The Morgan fingerprint density at radius 1 is 1.29 bits per heavy atom. The quantitative estimate of drug-likeness (QED) is 0.683. The molecule has 0 bridgehead atoms. The van der Waals surface area contributed by atoms with Gasteiger partial charge in [0.25, 0.3) is 0 Å². The molecule has 0 saturated carbocycles. The van der Waals surface area contributed by atoms with E-state index in [9.17, 15) is 4.79 Å². The minimum atomic E-state index is -0.823. The fraction of sp³-hybridized carbons (Fsp3) is 0.500. The summed E-state index contributed by atoms with van der Waals surface area (Å²) in [5.41, 5.74) is 7.17. The number of amides is 1. The van der Waals surface area contributed by atoms with Gasteiger partial charge in [-0.25, -0.2) is 5.43 Å². The highest BCUT2D eigenvalue weighted by atomic mass is 16.7. The van der Waals surface area contributed by atoms with E-state index in [0.29, 0.717) is 13.2 Å². The van der Waals surface area contributed by atoms with Crippen LogP contribution >= 0.6 is 0 Å². The van der Waals surface area contributed by atoms with E-state index in [1.807, 2.05) is 19.1 Å². The summed E-state index contributed by atoms with van der Waals surface area (Å²) in [5, 5.41) is 4.01. The van der Waals surface area contributed by atoms with Crippen LogP contribution in [-0.2, 0) is 14.3 Å². The molecular weight excluding hydrogens is 268 g/mol. The topological polar surface area (TPSA) is 59.9 Å². The van der Waals surface area contributed by atoms with Gasteiger partial charge in [-0.15, -0.1) is 0 Å². The summed E-state index contributed by atoms with van der Waals surface area (Å²) >= 11 is 0. The second-order valence-corrected chi connectivity index (χ2v) is 5.52. The Bertz CT molecular complexity index is 561. The molecule has 1 heterocycles. The highest BCUT2D eigenvalue weighted by Crippen LogP contribution is 2.22. The van der Waals surface area contributed by atoms with E-state index in [1.165, 1.54) is 16.7 Å². The zero-order chi connectivity index (χ0) is 15.5. The molecule has 1 aliphatic heterocycles. The van der Waals surface area contributed by atoms with Gasteiger partial charge in [0.05, 0.1) is 25.8 Å². The number of hydrogen-bond acceptors (Lipinski definition) is 4.